The summed E-state index contributed by atoms with van der Waals surface area (Å²) in [6, 6.07) is 0. The number of rotatable bonds is 2. The summed E-state index contributed by atoms with van der Waals surface area (Å²) in [5.74, 6) is 0. The first-order valence-corrected chi connectivity index (χ1v) is 7.61. The molecule has 6 heteroatoms. The molecule has 21 heavy (non-hydrogen) atoms. The Kier molecular flexibility index (Phi) is 5.22. The molecule has 2 aliphatic rings. The second-order valence-electron chi connectivity index (χ2n) is 6.52. The van der Waals surface area contributed by atoms with Crippen LogP contribution >= 0.6 is 0 Å². The van der Waals surface area contributed by atoms with Crippen LogP contribution in [0.25, 0.3) is 0 Å². The van der Waals surface area contributed by atoms with Crippen molar-refractivity contribution >= 4 is 11.8 Å². The zero-order valence-electron chi connectivity index (χ0n) is 13.2. The summed E-state index contributed by atoms with van der Waals surface area (Å²) in [4.78, 5) is 28.1. The van der Waals surface area contributed by atoms with E-state index in [0.29, 0.717) is 6.54 Å². The van der Waals surface area contributed by atoms with Crippen LogP contribution in [0.1, 0.15) is 46.5 Å². The minimum Gasteiger partial charge on any atom is -0.306 e. The van der Waals surface area contributed by atoms with E-state index >= 15 is 0 Å². The van der Waals surface area contributed by atoms with Gasteiger partial charge in [-0.05, 0) is 12.8 Å². The largest absolute Gasteiger partial charge is 0.443 e. The highest BCUT2D eigenvalue weighted by atomic mass is 17.3. The lowest BCUT2D eigenvalue weighted by atomic mass is 9.89. The Morgan fingerprint density at radius 2 is 1.86 bits per heavy atom. The Balaban J connectivity index is 1.79. The Morgan fingerprint density at radius 1 is 1.19 bits per heavy atom. The highest BCUT2D eigenvalue weighted by molar-refractivity contribution is 5.92. The van der Waals surface area contributed by atoms with Crippen molar-refractivity contribution in [3.8, 4) is 0 Å². The fourth-order valence-corrected chi connectivity index (χ4v) is 2.31. The monoisotopic (exact) mass is 295 g/mol. The van der Waals surface area contributed by atoms with Crippen molar-refractivity contribution < 1.29 is 14.7 Å². The van der Waals surface area contributed by atoms with E-state index in [1.165, 1.54) is 17.9 Å². The average molecular weight is 295 g/mol. The second kappa shape index (κ2) is 6.93. The molecule has 2 heterocycles. The van der Waals surface area contributed by atoms with Crippen molar-refractivity contribution in [3.05, 3.63) is 12.4 Å². The van der Waals surface area contributed by atoms with E-state index in [0.717, 1.165) is 31.6 Å². The Hall–Kier alpha value is -1.56. The van der Waals surface area contributed by atoms with Crippen LogP contribution < -0.4 is 0 Å². The zero-order valence-corrected chi connectivity index (χ0v) is 13.2. The summed E-state index contributed by atoms with van der Waals surface area (Å²) in [5.41, 5.74) is 0.942. The van der Waals surface area contributed by atoms with Gasteiger partial charge in [0.2, 0.25) is 0 Å². The first-order chi connectivity index (χ1) is 9.97. The van der Waals surface area contributed by atoms with Crippen molar-refractivity contribution in [1.29, 1.82) is 0 Å². The summed E-state index contributed by atoms with van der Waals surface area (Å²) in [5, 5.41) is 1.49. The Morgan fingerprint density at radius 3 is 2.48 bits per heavy atom. The summed E-state index contributed by atoms with van der Waals surface area (Å²) in [6.45, 7) is 8.25. The van der Waals surface area contributed by atoms with Crippen LogP contribution in [0.2, 0.25) is 0 Å². The number of carbonyl (C=O) groups is 1. The lowest BCUT2D eigenvalue weighted by Gasteiger charge is -2.28. The number of hydroxylamine groups is 2. The summed E-state index contributed by atoms with van der Waals surface area (Å²) in [7, 11) is 0. The fraction of sp³-hybridized carbons (Fsp3) is 0.733. The molecule has 0 radical (unpaired) electrons. The molecule has 0 saturated carbocycles. The van der Waals surface area contributed by atoms with E-state index in [2.05, 4.69) is 25.8 Å². The smallest absolute Gasteiger partial charge is 0.306 e. The van der Waals surface area contributed by atoms with Crippen LogP contribution in [0.5, 0.6) is 0 Å². The topological polar surface area (TPSA) is 54.4 Å². The van der Waals surface area contributed by atoms with Crippen molar-refractivity contribution in [2.45, 2.75) is 46.5 Å². The van der Waals surface area contributed by atoms with E-state index in [9.17, 15) is 4.79 Å². The number of amides is 1. The van der Waals surface area contributed by atoms with Gasteiger partial charge >= 0.3 is 6.09 Å². The molecule has 0 spiro atoms. The molecule has 118 valence electrons. The van der Waals surface area contributed by atoms with Crippen LogP contribution in [0.15, 0.2) is 17.4 Å². The molecule has 0 aromatic rings. The molecule has 0 aromatic carbocycles. The number of hydrogen-bond donors (Lipinski definition) is 0. The Bertz CT molecular complexity index is 418. The minimum absolute atomic E-state index is 0.0405. The van der Waals surface area contributed by atoms with Gasteiger partial charge in [0, 0.05) is 30.4 Å². The maximum atomic E-state index is 12.0. The van der Waals surface area contributed by atoms with Gasteiger partial charge in [0.25, 0.3) is 0 Å². The zero-order chi connectivity index (χ0) is 15.3. The van der Waals surface area contributed by atoms with Crippen molar-refractivity contribution in [3.63, 3.8) is 0 Å². The van der Waals surface area contributed by atoms with Gasteiger partial charge in [0.15, 0.2) is 0 Å². The van der Waals surface area contributed by atoms with Crippen LogP contribution in [-0.4, -0.2) is 41.4 Å². The molecule has 1 saturated heterocycles. The molecule has 0 unspecified atom stereocenters. The van der Waals surface area contributed by atoms with Gasteiger partial charge in [-0.1, -0.05) is 38.6 Å². The standard InChI is InChI=1S/C15H25N3O3/c1-15(2,3)13-12-18(11-8-16-13)21-20-14(19)17-9-6-4-5-7-10-17/h8,11H,4-7,9-10,12H2,1-3H3. The maximum absolute atomic E-state index is 12.0. The summed E-state index contributed by atoms with van der Waals surface area (Å²) in [6.07, 6.45) is 7.30. The molecule has 1 fully saturated rings. The molecular formula is C15H25N3O3. The number of likely N-dealkylation sites (tertiary alicyclic amines) is 1. The highest BCUT2D eigenvalue weighted by Crippen LogP contribution is 2.20. The van der Waals surface area contributed by atoms with Crippen LogP contribution in [-0.2, 0) is 9.88 Å². The molecule has 0 bridgehead atoms. The molecule has 1 amide bonds. The third kappa shape index (κ3) is 4.74. The van der Waals surface area contributed by atoms with E-state index in [1.807, 2.05) is 0 Å². The van der Waals surface area contributed by atoms with Gasteiger partial charge < -0.3 is 4.90 Å². The van der Waals surface area contributed by atoms with Crippen LogP contribution in [0, 0.1) is 5.41 Å². The number of nitrogens with zero attached hydrogens (tertiary/aromatic N) is 3. The van der Waals surface area contributed by atoms with Crippen LogP contribution in [0.3, 0.4) is 0 Å². The summed E-state index contributed by atoms with van der Waals surface area (Å²) >= 11 is 0. The molecular weight excluding hydrogens is 270 g/mol. The lowest BCUT2D eigenvalue weighted by Crippen LogP contribution is -2.38. The van der Waals surface area contributed by atoms with E-state index < -0.39 is 6.09 Å². The molecule has 0 aliphatic carbocycles. The van der Waals surface area contributed by atoms with Gasteiger partial charge in [0.1, 0.15) is 0 Å². The van der Waals surface area contributed by atoms with Gasteiger partial charge in [-0.2, -0.15) is 0 Å². The molecule has 2 aliphatic heterocycles. The first kappa shape index (κ1) is 15.8. The van der Waals surface area contributed by atoms with Crippen molar-refractivity contribution in [1.82, 2.24) is 9.96 Å². The normalized spacial score (nSPS) is 20.0. The number of aliphatic imine (C=N–C) groups is 1. The Labute approximate surface area is 126 Å². The average Bonchev–Trinajstić information content (AvgIpc) is 2.73. The van der Waals surface area contributed by atoms with Gasteiger partial charge in [-0.15, -0.1) is 0 Å². The molecule has 0 aromatic heterocycles. The second-order valence-corrected chi connectivity index (χ2v) is 6.52. The number of hydrogen-bond acceptors (Lipinski definition) is 5. The molecule has 0 N–H and O–H groups in total. The quantitative estimate of drug-likeness (QED) is 0.580. The maximum Gasteiger partial charge on any atom is 0.443 e. The van der Waals surface area contributed by atoms with Crippen molar-refractivity contribution in [2.24, 2.45) is 10.4 Å². The van der Waals surface area contributed by atoms with E-state index in [4.69, 9.17) is 9.88 Å². The van der Waals surface area contributed by atoms with E-state index in [-0.39, 0.29) is 5.41 Å². The van der Waals surface area contributed by atoms with E-state index in [1.54, 1.807) is 17.3 Å². The van der Waals surface area contributed by atoms with Crippen molar-refractivity contribution in [2.75, 3.05) is 19.6 Å². The lowest BCUT2D eigenvalue weighted by molar-refractivity contribution is -0.369. The number of carbonyl (C=O) groups excluding carboxylic acids is 1. The minimum atomic E-state index is -0.412. The third-order valence-corrected chi connectivity index (χ3v) is 3.70. The predicted octanol–water partition coefficient (Wildman–Crippen LogP) is 3.12. The SMILES string of the molecule is CC(C)(C)C1=NC=CN(OOC(=O)N2CCCCCC2)C1. The highest BCUT2D eigenvalue weighted by Gasteiger charge is 2.24. The predicted molar refractivity (Wildman–Crippen MR) is 80.3 cm³/mol. The molecule has 2 rings (SSSR count). The summed E-state index contributed by atoms with van der Waals surface area (Å²) < 4.78 is 0. The molecule has 6 nitrogen and oxygen atoms in total. The molecule has 0 atom stereocenters. The van der Waals surface area contributed by atoms with Crippen LogP contribution in [0.4, 0.5) is 4.79 Å². The fourth-order valence-electron chi connectivity index (χ4n) is 2.31. The van der Waals surface area contributed by atoms with Gasteiger partial charge in [-0.25, -0.2) is 9.86 Å². The third-order valence-electron chi connectivity index (χ3n) is 3.70. The first-order valence-electron chi connectivity index (χ1n) is 7.61. The van der Waals surface area contributed by atoms with Gasteiger partial charge in [-0.3, -0.25) is 9.88 Å². The van der Waals surface area contributed by atoms with Gasteiger partial charge in [0.05, 0.1) is 12.7 Å².